The van der Waals surface area contributed by atoms with Crippen LogP contribution in [0.5, 0.6) is 0 Å². The number of carbonyl (C=O) groups is 1. The largest absolute Gasteiger partial charge is 0.322 e. The molecule has 0 bridgehead atoms. The van der Waals surface area contributed by atoms with E-state index in [9.17, 15) is 9.59 Å². The number of aryl methyl sites for hydroxylation is 2. The van der Waals surface area contributed by atoms with Gasteiger partial charge in [-0.3, -0.25) is 9.36 Å². The standard InChI is InChI=1S/C34H42N4O2/c1-9-29(37(10-2)34(40)36-31-25(21(3)4)15-13-16-26(31)22(5)6)32-35-28-17-12-11-14-27(28)33(39)38(32)30-19-18-23(7)20-24(30)8/h11-22,29H,9-10H2,1-8H3,(H,36,40). The molecule has 4 rings (SSSR count). The smallest absolute Gasteiger partial charge is 0.315 e. The topological polar surface area (TPSA) is 67.2 Å². The average molecular weight is 539 g/mol. The van der Waals surface area contributed by atoms with Crippen LogP contribution in [0, 0.1) is 13.8 Å². The second kappa shape index (κ2) is 12.1. The summed E-state index contributed by atoms with van der Waals surface area (Å²) in [5.74, 6) is 1.07. The lowest BCUT2D eigenvalue weighted by Gasteiger charge is -2.32. The minimum atomic E-state index is -0.420. The van der Waals surface area contributed by atoms with Gasteiger partial charge in [-0.15, -0.1) is 0 Å². The zero-order valence-corrected chi connectivity index (χ0v) is 25.1. The SMILES string of the molecule is CCC(c1nc2ccccc2c(=O)n1-c1ccc(C)cc1C)N(CC)C(=O)Nc1c(C(C)C)cccc1C(C)C. The normalized spacial score (nSPS) is 12.2. The molecule has 40 heavy (non-hydrogen) atoms. The van der Waals surface area contributed by atoms with Crippen molar-refractivity contribution in [3.63, 3.8) is 0 Å². The van der Waals surface area contributed by atoms with Gasteiger partial charge < -0.3 is 10.2 Å². The van der Waals surface area contributed by atoms with Crippen LogP contribution in [0.1, 0.15) is 93.9 Å². The number of anilines is 1. The number of rotatable bonds is 8. The summed E-state index contributed by atoms with van der Waals surface area (Å²) in [6.07, 6.45) is 0.597. The van der Waals surface area contributed by atoms with E-state index >= 15 is 0 Å². The van der Waals surface area contributed by atoms with Gasteiger partial charge in [0.1, 0.15) is 5.82 Å². The van der Waals surface area contributed by atoms with Crippen LogP contribution in [-0.2, 0) is 0 Å². The van der Waals surface area contributed by atoms with Crippen molar-refractivity contribution in [3.8, 4) is 5.69 Å². The average Bonchev–Trinajstić information content (AvgIpc) is 2.92. The van der Waals surface area contributed by atoms with Crippen LogP contribution < -0.4 is 10.9 Å². The maximum atomic E-state index is 14.1. The van der Waals surface area contributed by atoms with E-state index in [1.807, 2.05) is 64.1 Å². The number of fused-ring (bicyclic) bond motifs is 1. The molecule has 0 aliphatic carbocycles. The maximum absolute atomic E-state index is 14.1. The molecule has 3 aromatic carbocycles. The number of aromatic nitrogens is 2. The minimum Gasteiger partial charge on any atom is -0.315 e. The molecule has 1 aromatic heterocycles. The van der Waals surface area contributed by atoms with Crippen molar-refractivity contribution in [3.05, 3.63) is 99.1 Å². The summed E-state index contributed by atoms with van der Waals surface area (Å²) >= 11 is 0. The number of nitrogens with one attached hydrogen (secondary N) is 1. The van der Waals surface area contributed by atoms with Gasteiger partial charge in [-0.2, -0.15) is 0 Å². The Morgan fingerprint density at radius 1 is 0.925 bits per heavy atom. The van der Waals surface area contributed by atoms with Crippen molar-refractivity contribution >= 4 is 22.6 Å². The summed E-state index contributed by atoms with van der Waals surface area (Å²) in [5, 5.41) is 3.84. The fraction of sp³-hybridized carbons (Fsp3) is 0.382. The van der Waals surface area contributed by atoms with Crippen molar-refractivity contribution in [2.24, 2.45) is 0 Å². The first-order valence-corrected chi connectivity index (χ1v) is 14.4. The van der Waals surface area contributed by atoms with Gasteiger partial charge >= 0.3 is 6.03 Å². The highest BCUT2D eigenvalue weighted by Crippen LogP contribution is 2.34. The zero-order valence-electron chi connectivity index (χ0n) is 25.1. The van der Waals surface area contributed by atoms with Crippen molar-refractivity contribution in [1.29, 1.82) is 0 Å². The van der Waals surface area contributed by atoms with Gasteiger partial charge in [0.05, 0.1) is 22.6 Å². The first-order valence-electron chi connectivity index (χ1n) is 14.4. The minimum absolute atomic E-state index is 0.130. The highest BCUT2D eigenvalue weighted by molar-refractivity contribution is 5.92. The van der Waals surface area contributed by atoms with Crippen LogP contribution >= 0.6 is 0 Å². The van der Waals surface area contributed by atoms with E-state index in [0.29, 0.717) is 29.7 Å². The van der Waals surface area contributed by atoms with Crippen molar-refractivity contribution in [2.45, 2.75) is 79.7 Å². The van der Waals surface area contributed by atoms with E-state index in [2.05, 4.69) is 57.3 Å². The van der Waals surface area contributed by atoms with E-state index in [1.54, 1.807) is 9.47 Å². The predicted molar refractivity (Wildman–Crippen MR) is 166 cm³/mol. The third kappa shape index (κ3) is 5.53. The Balaban J connectivity index is 1.88. The van der Waals surface area contributed by atoms with Crippen LogP contribution in [0.3, 0.4) is 0 Å². The molecule has 2 amide bonds. The fourth-order valence-electron chi connectivity index (χ4n) is 5.58. The van der Waals surface area contributed by atoms with E-state index in [1.165, 1.54) is 0 Å². The third-order valence-corrected chi connectivity index (χ3v) is 7.66. The number of benzene rings is 3. The van der Waals surface area contributed by atoms with Crippen molar-refractivity contribution < 1.29 is 4.79 Å². The number of hydrogen-bond donors (Lipinski definition) is 1. The number of para-hydroxylation sites is 2. The molecule has 0 fully saturated rings. The lowest BCUT2D eigenvalue weighted by atomic mass is 9.92. The van der Waals surface area contributed by atoms with Crippen LogP contribution in [0.2, 0.25) is 0 Å². The highest BCUT2D eigenvalue weighted by Gasteiger charge is 2.29. The molecular weight excluding hydrogens is 496 g/mol. The summed E-state index contributed by atoms with van der Waals surface area (Å²) < 4.78 is 1.71. The van der Waals surface area contributed by atoms with E-state index in [-0.39, 0.29) is 23.4 Å². The molecule has 1 heterocycles. The molecule has 6 nitrogen and oxygen atoms in total. The van der Waals surface area contributed by atoms with Crippen LogP contribution in [0.25, 0.3) is 16.6 Å². The fourth-order valence-corrected chi connectivity index (χ4v) is 5.58. The Labute approximate surface area is 238 Å². The summed E-state index contributed by atoms with van der Waals surface area (Å²) in [5.41, 5.74) is 6.49. The zero-order chi connectivity index (χ0) is 29.1. The van der Waals surface area contributed by atoms with Crippen LogP contribution in [0.4, 0.5) is 10.5 Å². The molecule has 210 valence electrons. The third-order valence-electron chi connectivity index (χ3n) is 7.66. The molecule has 0 radical (unpaired) electrons. The van der Waals surface area contributed by atoms with E-state index in [0.717, 1.165) is 33.6 Å². The maximum Gasteiger partial charge on any atom is 0.322 e. The second-order valence-corrected chi connectivity index (χ2v) is 11.2. The Morgan fingerprint density at radius 3 is 2.15 bits per heavy atom. The first-order chi connectivity index (χ1) is 19.1. The summed E-state index contributed by atoms with van der Waals surface area (Å²) in [4.78, 5) is 34.9. The molecular formula is C34H42N4O2. The molecule has 6 heteroatoms. The molecule has 0 aliphatic rings. The Morgan fingerprint density at radius 2 is 1.57 bits per heavy atom. The quantitative estimate of drug-likeness (QED) is 0.246. The van der Waals surface area contributed by atoms with Crippen molar-refractivity contribution in [2.75, 3.05) is 11.9 Å². The number of carbonyl (C=O) groups excluding carboxylic acids is 1. The summed E-state index contributed by atoms with van der Waals surface area (Å²) in [7, 11) is 0. The lowest BCUT2D eigenvalue weighted by molar-refractivity contribution is 0.185. The van der Waals surface area contributed by atoms with E-state index < -0.39 is 6.04 Å². The van der Waals surface area contributed by atoms with Gasteiger partial charge in [0, 0.05) is 12.2 Å². The molecule has 4 aromatic rings. The number of hydrogen-bond acceptors (Lipinski definition) is 3. The number of urea groups is 1. The van der Waals surface area contributed by atoms with Crippen molar-refractivity contribution in [1.82, 2.24) is 14.5 Å². The molecule has 1 unspecified atom stereocenters. The molecule has 0 saturated carbocycles. The molecule has 1 N–H and O–H groups in total. The monoisotopic (exact) mass is 538 g/mol. The first kappa shape index (κ1) is 29.1. The predicted octanol–water partition coefficient (Wildman–Crippen LogP) is 8.25. The summed E-state index contributed by atoms with van der Waals surface area (Å²) in [6.45, 7) is 17.1. The van der Waals surface area contributed by atoms with Gasteiger partial charge in [0.2, 0.25) is 0 Å². The van der Waals surface area contributed by atoms with E-state index in [4.69, 9.17) is 4.98 Å². The van der Waals surface area contributed by atoms with Gasteiger partial charge in [0.15, 0.2) is 0 Å². The Kier molecular flexibility index (Phi) is 8.77. The Hall–Kier alpha value is -3.93. The number of nitrogens with zero attached hydrogens (tertiary/aromatic N) is 3. The van der Waals surface area contributed by atoms with Gasteiger partial charge in [0.25, 0.3) is 5.56 Å². The Bertz CT molecular complexity index is 1560. The second-order valence-electron chi connectivity index (χ2n) is 11.2. The molecule has 0 spiro atoms. The van der Waals surface area contributed by atoms with Gasteiger partial charge in [-0.25, -0.2) is 9.78 Å². The van der Waals surface area contributed by atoms with Gasteiger partial charge in [-0.05, 0) is 73.9 Å². The number of amides is 2. The highest BCUT2D eigenvalue weighted by atomic mass is 16.2. The molecule has 0 saturated heterocycles. The molecule has 1 atom stereocenters. The van der Waals surface area contributed by atoms with Crippen LogP contribution in [0.15, 0.2) is 65.5 Å². The van der Waals surface area contributed by atoms with Crippen LogP contribution in [-0.4, -0.2) is 27.0 Å². The van der Waals surface area contributed by atoms with Gasteiger partial charge in [-0.1, -0.05) is 82.6 Å². The molecule has 0 aliphatic heterocycles. The summed E-state index contributed by atoms with van der Waals surface area (Å²) in [6, 6.07) is 19.1. The lowest BCUT2D eigenvalue weighted by Crippen LogP contribution is -2.41.